The Morgan fingerprint density at radius 2 is 2.11 bits per heavy atom. The lowest BCUT2D eigenvalue weighted by Gasteiger charge is -2.14. The minimum Gasteiger partial charge on any atom is -0.491 e. The Balaban J connectivity index is 3.29. The maximum absolute atomic E-state index is 12.2. The molecule has 0 saturated carbocycles. The molecule has 0 aromatic carbocycles. The molecule has 0 radical (unpaired) electrons. The summed E-state index contributed by atoms with van der Waals surface area (Å²) in [6, 6.07) is 0. The van der Waals surface area contributed by atoms with Gasteiger partial charge < -0.3 is 14.2 Å². The molecule has 0 bridgehead atoms. The van der Waals surface area contributed by atoms with Crippen LogP contribution in [0.2, 0.25) is 0 Å². The van der Waals surface area contributed by atoms with Crippen LogP contribution in [0.4, 0.5) is 13.2 Å². The summed E-state index contributed by atoms with van der Waals surface area (Å²) in [7, 11) is 1.11. The van der Waals surface area contributed by atoms with E-state index in [4.69, 9.17) is 9.47 Å². The van der Waals surface area contributed by atoms with Crippen LogP contribution in [0.5, 0.6) is 11.6 Å². The predicted octanol–water partition coefficient (Wildman–Crippen LogP) is 2.77. The average Bonchev–Trinajstić information content (AvgIpc) is 2.29. The summed E-state index contributed by atoms with van der Waals surface area (Å²) in [6.45, 7) is 1.65. The van der Waals surface area contributed by atoms with Crippen molar-refractivity contribution in [3.05, 3.63) is 15.3 Å². The van der Waals surface area contributed by atoms with Crippen molar-refractivity contribution in [3.63, 3.8) is 0 Å². The first kappa shape index (κ1) is 15.8. The Labute approximate surface area is 120 Å². The number of carbonyl (C=O) groups excluding carboxylic acids is 1. The molecule has 5 nitrogen and oxygen atoms in total. The number of carbonyl (C=O) groups is 1. The SMILES string of the molecule is CCOC(=O)c1c(I)cnc(OC(F)(F)F)c1OC. The Morgan fingerprint density at radius 1 is 1.47 bits per heavy atom. The second-order valence-corrected chi connectivity index (χ2v) is 4.25. The molecule has 0 aliphatic rings. The van der Waals surface area contributed by atoms with E-state index in [2.05, 4.69) is 9.72 Å². The van der Waals surface area contributed by atoms with Gasteiger partial charge in [-0.3, -0.25) is 0 Å². The molecule has 1 rings (SSSR count). The lowest BCUT2D eigenvalue weighted by atomic mass is 10.2. The molecular formula is C10H9F3INO4. The summed E-state index contributed by atoms with van der Waals surface area (Å²) in [6.07, 6.45) is -3.87. The minimum absolute atomic E-state index is 0.0792. The molecule has 0 saturated heterocycles. The number of halogens is 4. The van der Waals surface area contributed by atoms with Gasteiger partial charge in [0.05, 0.1) is 13.7 Å². The molecule has 9 heteroatoms. The van der Waals surface area contributed by atoms with Crippen LogP contribution < -0.4 is 9.47 Å². The van der Waals surface area contributed by atoms with Gasteiger partial charge in [0, 0.05) is 9.77 Å². The van der Waals surface area contributed by atoms with E-state index < -0.39 is 24.0 Å². The first-order chi connectivity index (χ1) is 8.80. The number of ether oxygens (including phenoxy) is 3. The van der Waals surface area contributed by atoms with Gasteiger partial charge in [0.25, 0.3) is 5.88 Å². The molecule has 0 atom stereocenters. The number of hydrogen-bond acceptors (Lipinski definition) is 5. The molecule has 0 amide bonds. The van der Waals surface area contributed by atoms with Gasteiger partial charge in [-0.25, -0.2) is 9.78 Å². The van der Waals surface area contributed by atoms with Crippen molar-refractivity contribution < 1.29 is 32.2 Å². The summed E-state index contributed by atoms with van der Waals surface area (Å²) < 4.78 is 50.1. The smallest absolute Gasteiger partial charge is 0.491 e. The first-order valence-electron chi connectivity index (χ1n) is 4.95. The zero-order valence-corrected chi connectivity index (χ0v) is 12.0. The second kappa shape index (κ2) is 6.26. The molecule has 0 aliphatic carbocycles. The van der Waals surface area contributed by atoms with Crippen LogP contribution in [0.3, 0.4) is 0 Å². The summed E-state index contributed by atoms with van der Waals surface area (Å²) >= 11 is 1.74. The van der Waals surface area contributed by atoms with E-state index >= 15 is 0 Å². The van der Waals surface area contributed by atoms with Crippen LogP contribution in [0.25, 0.3) is 0 Å². The van der Waals surface area contributed by atoms with E-state index in [0.717, 1.165) is 13.3 Å². The highest BCUT2D eigenvalue weighted by atomic mass is 127. The molecule has 0 unspecified atom stereocenters. The van der Waals surface area contributed by atoms with E-state index in [1.807, 2.05) is 0 Å². The Hall–Kier alpha value is -1.26. The molecule has 0 spiro atoms. The van der Waals surface area contributed by atoms with Crippen LogP contribution in [0, 0.1) is 3.57 Å². The normalized spacial score (nSPS) is 11.1. The van der Waals surface area contributed by atoms with Crippen molar-refractivity contribution in [1.82, 2.24) is 4.98 Å². The van der Waals surface area contributed by atoms with Gasteiger partial charge in [-0.05, 0) is 29.5 Å². The van der Waals surface area contributed by atoms with Gasteiger partial charge in [-0.2, -0.15) is 0 Å². The van der Waals surface area contributed by atoms with Gasteiger partial charge in [-0.1, -0.05) is 0 Å². The maximum atomic E-state index is 12.2. The number of esters is 1. The Bertz CT molecular complexity index is 479. The van der Waals surface area contributed by atoms with E-state index in [9.17, 15) is 18.0 Å². The van der Waals surface area contributed by atoms with Crippen LogP contribution in [-0.2, 0) is 4.74 Å². The van der Waals surface area contributed by atoms with Crippen LogP contribution in [-0.4, -0.2) is 31.0 Å². The standard InChI is InChI=1S/C10H9F3INO4/c1-3-18-9(16)6-5(14)4-15-8(7(6)17-2)19-10(11,12)13/h4H,3H2,1-2H3. The number of nitrogens with zero attached hydrogens (tertiary/aromatic N) is 1. The predicted molar refractivity (Wildman–Crippen MR) is 66.1 cm³/mol. The molecular weight excluding hydrogens is 382 g/mol. The quantitative estimate of drug-likeness (QED) is 0.584. The molecule has 0 fully saturated rings. The zero-order chi connectivity index (χ0) is 14.6. The number of rotatable bonds is 4. The summed E-state index contributed by atoms with van der Waals surface area (Å²) in [4.78, 5) is 15.1. The first-order valence-corrected chi connectivity index (χ1v) is 6.03. The Morgan fingerprint density at radius 3 is 2.58 bits per heavy atom. The molecule has 106 valence electrons. The lowest BCUT2D eigenvalue weighted by molar-refractivity contribution is -0.276. The summed E-state index contributed by atoms with van der Waals surface area (Å²) in [5.74, 6) is -2.06. The van der Waals surface area contributed by atoms with Gasteiger partial charge in [-0.15, -0.1) is 13.2 Å². The minimum atomic E-state index is -4.93. The molecule has 1 heterocycles. The van der Waals surface area contributed by atoms with Crippen molar-refractivity contribution in [1.29, 1.82) is 0 Å². The number of methoxy groups -OCH3 is 1. The largest absolute Gasteiger partial charge is 0.574 e. The van der Waals surface area contributed by atoms with Gasteiger partial charge in [0.15, 0.2) is 5.75 Å². The maximum Gasteiger partial charge on any atom is 0.574 e. The van der Waals surface area contributed by atoms with Gasteiger partial charge >= 0.3 is 12.3 Å². The number of aromatic nitrogens is 1. The number of hydrogen-bond donors (Lipinski definition) is 0. The molecule has 1 aromatic rings. The van der Waals surface area contributed by atoms with Crippen molar-refractivity contribution in [2.24, 2.45) is 0 Å². The topological polar surface area (TPSA) is 57.7 Å². The second-order valence-electron chi connectivity index (χ2n) is 3.09. The zero-order valence-electron chi connectivity index (χ0n) is 9.88. The van der Waals surface area contributed by atoms with E-state index in [0.29, 0.717) is 3.57 Å². The van der Waals surface area contributed by atoms with Gasteiger partial charge in [0.2, 0.25) is 0 Å². The third kappa shape index (κ3) is 4.11. The van der Waals surface area contributed by atoms with E-state index in [1.165, 1.54) is 0 Å². The monoisotopic (exact) mass is 391 g/mol. The third-order valence-electron chi connectivity index (χ3n) is 1.85. The highest BCUT2D eigenvalue weighted by molar-refractivity contribution is 14.1. The summed E-state index contributed by atoms with van der Waals surface area (Å²) in [5, 5.41) is 0. The van der Waals surface area contributed by atoms with Crippen molar-refractivity contribution in [3.8, 4) is 11.6 Å². The van der Waals surface area contributed by atoms with E-state index in [-0.39, 0.29) is 12.2 Å². The fourth-order valence-corrected chi connectivity index (χ4v) is 1.82. The number of alkyl halides is 3. The molecule has 0 aliphatic heterocycles. The van der Waals surface area contributed by atoms with Gasteiger partial charge in [0.1, 0.15) is 5.56 Å². The Kier molecular flexibility index (Phi) is 5.20. The molecule has 1 aromatic heterocycles. The fraction of sp³-hybridized carbons (Fsp3) is 0.400. The lowest BCUT2D eigenvalue weighted by Crippen LogP contribution is -2.20. The fourth-order valence-electron chi connectivity index (χ4n) is 1.22. The highest BCUT2D eigenvalue weighted by Crippen LogP contribution is 2.35. The molecule has 0 N–H and O–H groups in total. The number of pyridine rings is 1. The van der Waals surface area contributed by atoms with Crippen LogP contribution in [0.1, 0.15) is 17.3 Å². The average molecular weight is 391 g/mol. The van der Waals surface area contributed by atoms with Crippen LogP contribution >= 0.6 is 22.6 Å². The molecule has 19 heavy (non-hydrogen) atoms. The van der Waals surface area contributed by atoms with Crippen molar-refractivity contribution >= 4 is 28.6 Å². The summed E-state index contributed by atoms with van der Waals surface area (Å²) in [5.41, 5.74) is -0.154. The van der Waals surface area contributed by atoms with Crippen molar-refractivity contribution in [2.75, 3.05) is 13.7 Å². The van der Waals surface area contributed by atoms with Crippen molar-refractivity contribution in [2.45, 2.75) is 13.3 Å². The van der Waals surface area contributed by atoms with Crippen LogP contribution in [0.15, 0.2) is 6.20 Å². The van der Waals surface area contributed by atoms with E-state index in [1.54, 1.807) is 29.5 Å². The highest BCUT2D eigenvalue weighted by Gasteiger charge is 2.35. The third-order valence-corrected chi connectivity index (χ3v) is 2.67.